The maximum Gasteiger partial charge on any atom is 0.227 e. The van der Waals surface area contributed by atoms with Gasteiger partial charge < -0.3 is 5.32 Å². The van der Waals surface area contributed by atoms with Crippen LogP contribution in [0, 0.1) is 6.92 Å². The number of guanidine groups is 1. The average Bonchev–Trinajstić information content (AvgIpc) is 2.76. The summed E-state index contributed by atoms with van der Waals surface area (Å²) < 4.78 is 0. The second kappa shape index (κ2) is 5.79. The first-order valence-electron chi connectivity index (χ1n) is 6.37. The topological polar surface area (TPSA) is 49.6 Å². The molecule has 1 aliphatic rings. The molecule has 0 spiro atoms. The number of nitrogens with one attached hydrogen (secondary N) is 1. The minimum atomic E-state index is 0.604. The Morgan fingerprint density at radius 2 is 2.05 bits per heavy atom. The molecule has 20 heavy (non-hydrogen) atoms. The Hall–Kier alpha value is -2.27. The molecule has 0 atom stereocenters. The highest BCUT2D eigenvalue weighted by Crippen LogP contribution is 2.25. The number of aromatic nitrogens is 1. The van der Waals surface area contributed by atoms with Crippen molar-refractivity contribution in [3.05, 3.63) is 52.5 Å². The summed E-state index contributed by atoms with van der Waals surface area (Å²) >= 11 is 1.60. The first-order chi connectivity index (χ1) is 9.83. The molecule has 0 unspecified atom stereocenters. The molecular weight excluding hydrogens is 268 g/mol. The van der Waals surface area contributed by atoms with E-state index in [9.17, 15) is 0 Å². The van der Waals surface area contributed by atoms with E-state index in [2.05, 4.69) is 26.4 Å². The number of aryl methyl sites for hydroxylation is 1. The molecule has 2 heterocycles. The molecule has 0 saturated heterocycles. The Kier molecular flexibility index (Phi) is 3.69. The Morgan fingerprint density at radius 1 is 1.20 bits per heavy atom. The number of benzene rings is 1. The van der Waals surface area contributed by atoms with Crippen molar-refractivity contribution < 1.29 is 0 Å². The summed E-state index contributed by atoms with van der Waals surface area (Å²) in [6, 6.07) is 9.92. The maximum absolute atomic E-state index is 4.61. The summed E-state index contributed by atoms with van der Waals surface area (Å²) in [5.74, 6) is 0.604. The number of hydrogen-bond donors (Lipinski definition) is 1. The first kappa shape index (κ1) is 12.7. The molecule has 3 rings (SSSR count). The SMILES string of the molecule is Cc1ncsc1C1=CCC=NC(Nc2ccccc2)=N1. The molecule has 1 aliphatic heterocycles. The number of hydrogen-bond acceptors (Lipinski definition) is 5. The summed E-state index contributed by atoms with van der Waals surface area (Å²) in [5, 5.41) is 3.23. The largest absolute Gasteiger partial charge is 0.324 e. The molecule has 0 saturated carbocycles. The summed E-state index contributed by atoms with van der Waals surface area (Å²) in [6.07, 6.45) is 4.71. The lowest BCUT2D eigenvalue weighted by Gasteiger charge is -2.05. The fourth-order valence-electron chi connectivity index (χ4n) is 1.89. The zero-order chi connectivity index (χ0) is 13.8. The summed E-state index contributed by atoms with van der Waals surface area (Å²) in [7, 11) is 0. The molecule has 0 fully saturated rings. The fraction of sp³-hybridized carbons (Fsp3) is 0.133. The lowest BCUT2D eigenvalue weighted by Crippen LogP contribution is -2.09. The lowest BCUT2D eigenvalue weighted by atomic mass is 10.2. The van der Waals surface area contributed by atoms with E-state index in [0.717, 1.165) is 28.4 Å². The van der Waals surface area contributed by atoms with Gasteiger partial charge in [-0.2, -0.15) is 0 Å². The number of para-hydroxylation sites is 1. The highest BCUT2D eigenvalue weighted by atomic mass is 32.1. The van der Waals surface area contributed by atoms with E-state index < -0.39 is 0 Å². The third-order valence-corrected chi connectivity index (χ3v) is 3.82. The van der Waals surface area contributed by atoms with Crippen molar-refractivity contribution >= 4 is 34.9 Å². The minimum absolute atomic E-state index is 0.604. The van der Waals surface area contributed by atoms with Crippen LogP contribution in [0.15, 0.2) is 51.9 Å². The van der Waals surface area contributed by atoms with Crippen LogP contribution < -0.4 is 5.32 Å². The third-order valence-electron chi connectivity index (χ3n) is 2.86. The second-order valence-corrected chi connectivity index (χ2v) is 5.18. The van der Waals surface area contributed by atoms with Crippen LogP contribution in [0.5, 0.6) is 0 Å². The fourth-order valence-corrected chi connectivity index (χ4v) is 2.68. The van der Waals surface area contributed by atoms with Gasteiger partial charge >= 0.3 is 0 Å². The van der Waals surface area contributed by atoms with E-state index in [-0.39, 0.29) is 0 Å². The van der Waals surface area contributed by atoms with E-state index in [1.807, 2.05) is 49.0 Å². The first-order valence-corrected chi connectivity index (χ1v) is 7.25. The predicted octanol–water partition coefficient (Wildman–Crippen LogP) is 3.74. The molecule has 4 nitrogen and oxygen atoms in total. The highest BCUT2D eigenvalue weighted by Gasteiger charge is 2.10. The third kappa shape index (κ3) is 2.83. The number of allylic oxidation sites excluding steroid dienone is 1. The number of thiazole rings is 1. The van der Waals surface area contributed by atoms with Gasteiger partial charge in [-0.1, -0.05) is 24.3 Å². The minimum Gasteiger partial charge on any atom is -0.324 e. The van der Waals surface area contributed by atoms with Crippen LogP contribution in [0.1, 0.15) is 17.0 Å². The van der Waals surface area contributed by atoms with Crippen LogP contribution in [-0.4, -0.2) is 17.2 Å². The maximum atomic E-state index is 4.61. The van der Waals surface area contributed by atoms with E-state index in [0.29, 0.717) is 5.96 Å². The van der Waals surface area contributed by atoms with Gasteiger partial charge in [0.25, 0.3) is 0 Å². The van der Waals surface area contributed by atoms with E-state index in [1.165, 1.54) is 0 Å². The van der Waals surface area contributed by atoms with Crippen LogP contribution >= 0.6 is 11.3 Å². The number of rotatable bonds is 2. The number of anilines is 1. The standard InChI is InChI=1S/C15H14N4S/c1-11-14(20-10-17-11)13-8-5-9-16-15(19-13)18-12-6-3-2-4-7-12/h2-4,6-10H,5H2,1H3,(H,18,19). The zero-order valence-corrected chi connectivity index (χ0v) is 11.9. The van der Waals surface area contributed by atoms with Crippen LogP contribution in [0.25, 0.3) is 5.70 Å². The van der Waals surface area contributed by atoms with Gasteiger partial charge in [0.15, 0.2) is 0 Å². The van der Waals surface area contributed by atoms with Gasteiger partial charge in [0, 0.05) is 18.3 Å². The van der Waals surface area contributed by atoms with Gasteiger partial charge in [0.05, 0.1) is 21.8 Å². The molecule has 0 aliphatic carbocycles. The molecule has 0 bridgehead atoms. The van der Waals surface area contributed by atoms with E-state index in [4.69, 9.17) is 0 Å². The van der Waals surface area contributed by atoms with Crippen molar-refractivity contribution in [3.63, 3.8) is 0 Å². The second-order valence-electron chi connectivity index (χ2n) is 4.33. The van der Waals surface area contributed by atoms with Gasteiger partial charge in [0.1, 0.15) is 0 Å². The van der Waals surface area contributed by atoms with E-state index in [1.54, 1.807) is 11.3 Å². The van der Waals surface area contributed by atoms with Crippen molar-refractivity contribution in [2.75, 3.05) is 5.32 Å². The summed E-state index contributed by atoms with van der Waals surface area (Å²) in [5.41, 5.74) is 4.76. The molecular formula is C15H14N4S. The smallest absolute Gasteiger partial charge is 0.227 e. The molecule has 2 aromatic rings. The lowest BCUT2D eigenvalue weighted by molar-refractivity contribution is 1.25. The summed E-state index contributed by atoms with van der Waals surface area (Å²) in [6.45, 7) is 2.00. The van der Waals surface area contributed by atoms with Crippen molar-refractivity contribution in [3.8, 4) is 0 Å². The Labute approximate surface area is 121 Å². The average molecular weight is 282 g/mol. The molecule has 0 amide bonds. The zero-order valence-electron chi connectivity index (χ0n) is 11.1. The number of nitrogens with zero attached hydrogens (tertiary/aromatic N) is 3. The quantitative estimate of drug-likeness (QED) is 0.912. The van der Waals surface area contributed by atoms with Crippen LogP contribution in [-0.2, 0) is 0 Å². The van der Waals surface area contributed by atoms with Gasteiger partial charge in [-0.05, 0) is 19.1 Å². The van der Waals surface area contributed by atoms with Crippen LogP contribution in [0.3, 0.4) is 0 Å². The van der Waals surface area contributed by atoms with E-state index >= 15 is 0 Å². The van der Waals surface area contributed by atoms with Crippen molar-refractivity contribution in [2.24, 2.45) is 9.98 Å². The molecule has 1 aromatic heterocycles. The molecule has 0 radical (unpaired) electrons. The normalized spacial score (nSPS) is 14.4. The van der Waals surface area contributed by atoms with Gasteiger partial charge in [0.2, 0.25) is 5.96 Å². The Bertz CT molecular complexity index is 683. The van der Waals surface area contributed by atoms with Gasteiger partial charge in [-0.3, -0.25) is 0 Å². The Morgan fingerprint density at radius 3 is 2.80 bits per heavy atom. The molecule has 100 valence electrons. The molecule has 1 N–H and O–H groups in total. The monoisotopic (exact) mass is 282 g/mol. The van der Waals surface area contributed by atoms with Crippen molar-refractivity contribution in [1.82, 2.24) is 4.98 Å². The molecule has 1 aromatic carbocycles. The summed E-state index contributed by atoms with van der Waals surface area (Å²) in [4.78, 5) is 14.3. The van der Waals surface area contributed by atoms with Crippen LogP contribution in [0.4, 0.5) is 5.69 Å². The highest BCUT2D eigenvalue weighted by molar-refractivity contribution is 7.10. The Balaban J connectivity index is 1.89. The van der Waals surface area contributed by atoms with Crippen molar-refractivity contribution in [2.45, 2.75) is 13.3 Å². The van der Waals surface area contributed by atoms with Gasteiger partial charge in [-0.25, -0.2) is 15.0 Å². The van der Waals surface area contributed by atoms with Crippen molar-refractivity contribution in [1.29, 1.82) is 0 Å². The number of aliphatic imine (C=N–C) groups is 2. The molecule has 5 heteroatoms. The van der Waals surface area contributed by atoms with Crippen LogP contribution in [0.2, 0.25) is 0 Å². The van der Waals surface area contributed by atoms with Gasteiger partial charge in [-0.15, -0.1) is 11.3 Å². The predicted molar refractivity (Wildman–Crippen MR) is 85.4 cm³/mol.